The van der Waals surface area contributed by atoms with Gasteiger partial charge >= 0.3 is 0 Å². The lowest BCUT2D eigenvalue weighted by atomic mass is 10.1. The lowest BCUT2D eigenvalue weighted by Gasteiger charge is -1.96. The molecular formula is C13H12S. The molecule has 1 heteroatoms. The second kappa shape index (κ2) is 3.25. The summed E-state index contributed by atoms with van der Waals surface area (Å²) in [6.45, 7) is 0. The Labute approximate surface area is 87.9 Å². The Kier molecular flexibility index (Phi) is 1.91. The van der Waals surface area contributed by atoms with Gasteiger partial charge in [-0.2, -0.15) is 0 Å². The largest absolute Gasteiger partial charge is 0.136 e. The van der Waals surface area contributed by atoms with Crippen molar-refractivity contribution in [3.05, 3.63) is 40.8 Å². The minimum absolute atomic E-state index is 1.23. The van der Waals surface area contributed by atoms with E-state index in [1.165, 1.54) is 34.2 Å². The fourth-order valence-corrected chi connectivity index (χ4v) is 3.28. The summed E-state index contributed by atoms with van der Waals surface area (Å²) in [4.78, 5) is 1.48. The molecule has 1 aromatic heterocycles. The third-order valence-electron chi connectivity index (χ3n) is 2.80. The lowest BCUT2D eigenvalue weighted by Crippen LogP contribution is -1.82. The van der Waals surface area contributed by atoms with Crippen LogP contribution in [0.1, 0.15) is 23.3 Å². The summed E-state index contributed by atoms with van der Waals surface area (Å²) in [6.07, 6.45) is 8.38. The molecule has 1 heterocycles. The van der Waals surface area contributed by atoms with E-state index in [0.29, 0.717) is 0 Å². The van der Waals surface area contributed by atoms with Crippen LogP contribution in [0.25, 0.3) is 16.2 Å². The van der Waals surface area contributed by atoms with Gasteiger partial charge in [-0.15, -0.1) is 11.3 Å². The summed E-state index contributed by atoms with van der Waals surface area (Å²) in [5, 5.41) is 1.47. The highest BCUT2D eigenvalue weighted by Crippen LogP contribution is 2.34. The van der Waals surface area contributed by atoms with Crippen molar-refractivity contribution in [1.29, 1.82) is 0 Å². The van der Waals surface area contributed by atoms with Gasteiger partial charge in [0.1, 0.15) is 0 Å². The predicted molar refractivity (Wildman–Crippen MR) is 63.8 cm³/mol. The summed E-state index contributed by atoms with van der Waals surface area (Å²) in [7, 11) is 0. The van der Waals surface area contributed by atoms with E-state index in [1.807, 2.05) is 11.3 Å². The van der Waals surface area contributed by atoms with E-state index in [4.69, 9.17) is 0 Å². The Hall–Kier alpha value is -1.08. The Morgan fingerprint density at radius 2 is 2.07 bits per heavy atom. The van der Waals surface area contributed by atoms with Crippen LogP contribution in [0.5, 0.6) is 0 Å². The Balaban J connectivity index is 2.33. The first kappa shape index (κ1) is 8.25. The van der Waals surface area contributed by atoms with Crippen molar-refractivity contribution in [2.75, 3.05) is 0 Å². The van der Waals surface area contributed by atoms with Gasteiger partial charge in [0.2, 0.25) is 0 Å². The van der Waals surface area contributed by atoms with Crippen molar-refractivity contribution in [3.63, 3.8) is 0 Å². The third-order valence-corrected chi connectivity index (χ3v) is 3.97. The van der Waals surface area contributed by atoms with Gasteiger partial charge in [0, 0.05) is 9.58 Å². The predicted octanol–water partition coefficient (Wildman–Crippen LogP) is 4.25. The van der Waals surface area contributed by atoms with Crippen molar-refractivity contribution in [1.82, 2.24) is 0 Å². The number of aryl methyl sites for hydroxylation is 1. The molecule has 0 saturated carbocycles. The molecule has 1 aliphatic rings. The van der Waals surface area contributed by atoms with Crippen LogP contribution in [0, 0.1) is 0 Å². The first-order valence-electron chi connectivity index (χ1n) is 5.12. The van der Waals surface area contributed by atoms with Crippen LogP contribution in [0.4, 0.5) is 0 Å². The summed E-state index contributed by atoms with van der Waals surface area (Å²) >= 11 is 1.93. The second-order valence-electron chi connectivity index (χ2n) is 3.74. The van der Waals surface area contributed by atoms with Crippen molar-refractivity contribution in [2.45, 2.75) is 19.3 Å². The van der Waals surface area contributed by atoms with Gasteiger partial charge in [-0.1, -0.05) is 24.3 Å². The maximum absolute atomic E-state index is 2.31. The summed E-state index contributed by atoms with van der Waals surface area (Å²) in [5.74, 6) is 0. The highest BCUT2D eigenvalue weighted by atomic mass is 32.1. The molecule has 0 atom stereocenters. The second-order valence-corrected chi connectivity index (χ2v) is 4.82. The minimum Gasteiger partial charge on any atom is -0.136 e. The molecule has 0 spiro atoms. The molecule has 0 N–H and O–H groups in total. The molecule has 14 heavy (non-hydrogen) atoms. The molecule has 0 saturated heterocycles. The van der Waals surface area contributed by atoms with E-state index in [9.17, 15) is 0 Å². The Morgan fingerprint density at radius 1 is 1.14 bits per heavy atom. The average molecular weight is 200 g/mol. The zero-order valence-electron chi connectivity index (χ0n) is 7.99. The molecular weight excluding hydrogens is 188 g/mol. The van der Waals surface area contributed by atoms with Crippen LogP contribution in [-0.4, -0.2) is 0 Å². The number of benzene rings is 1. The van der Waals surface area contributed by atoms with Crippen LogP contribution in [0.3, 0.4) is 0 Å². The number of hydrogen-bond acceptors (Lipinski definition) is 1. The molecule has 3 rings (SSSR count). The highest BCUT2D eigenvalue weighted by molar-refractivity contribution is 7.20. The standard InChI is InChI=1S/C13H12S/c1-2-6-10-11-7-4-5-9-13(11)14-12(10)8-3-1/h3-5,7-9H,1-2,6H2. The Morgan fingerprint density at radius 3 is 3.07 bits per heavy atom. The van der Waals surface area contributed by atoms with Crippen LogP contribution in [0.2, 0.25) is 0 Å². The van der Waals surface area contributed by atoms with Gasteiger partial charge in [-0.05, 0) is 42.4 Å². The molecule has 0 amide bonds. The van der Waals surface area contributed by atoms with Crippen LogP contribution in [-0.2, 0) is 6.42 Å². The maximum Gasteiger partial charge on any atom is 0.0352 e. The molecule has 2 aromatic rings. The highest BCUT2D eigenvalue weighted by Gasteiger charge is 2.10. The number of hydrogen-bond donors (Lipinski definition) is 0. The van der Waals surface area contributed by atoms with E-state index in [-0.39, 0.29) is 0 Å². The first-order chi connectivity index (χ1) is 6.95. The van der Waals surface area contributed by atoms with Gasteiger partial charge in [0.15, 0.2) is 0 Å². The molecule has 1 aliphatic carbocycles. The van der Waals surface area contributed by atoms with Gasteiger partial charge in [-0.25, -0.2) is 0 Å². The number of thiophene rings is 1. The number of rotatable bonds is 0. The minimum atomic E-state index is 1.23. The zero-order chi connectivity index (χ0) is 9.38. The fourth-order valence-electron chi connectivity index (χ4n) is 2.10. The molecule has 0 unspecified atom stereocenters. The summed E-state index contributed by atoms with van der Waals surface area (Å²) in [5.41, 5.74) is 1.57. The van der Waals surface area contributed by atoms with Crippen LogP contribution < -0.4 is 0 Å². The first-order valence-corrected chi connectivity index (χ1v) is 5.94. The third kappa shape index (κ3) is 1.20. The van der Waals surface area contributed by atoms with E-state index >= 15 is 0 Å². The molecule has 0 nitrogen and oxygen atoms in total. The molecule has 0 aliphatic heterocycles. The number of fused-ring (bicyclic) bond motifs is 3. The maximum atomic E-state index is 2.31. The van der Waals surface area contributed by atoms with Gasteiger partial charge in [-0.3, -0.25) is 0 Å². The smallest absolute Gasteiger partial charge is 0.0352 e. The zero-order valence-corrected chi connectivity index (χ0v) is 8.81. The van der Waals surface area contributed by atoms with Crippen LogP contribution in [0.15, 0.2) is 30.3 Å². The number of allylic oxidation sites excluding steroid dienone is 1. The van der Waals surface area contributed by atoms with Crippen molar-refractivity contribution in [2.24, 2.45) is 0 Å². The molecule has 0 bridgehead atoms. The van der Waals surface area contributed by atoms with Gasteiger partial charge in [0.25, 0.3) is 0 Å². The average Bonchev–Trinajstić information content (AvgIpc) is 2.42. The van der Waals surface area contributed by atoms with E-state index in [2.05, 4.69) is 36.4 Å². The van der Waals surface area contributed by atoms with Crippen molar-refractivity contribution in [3.8, 4) is 0 Å². The fraction of sp³-hybridized carbons (Fsp3) is 0.231. The quantitative estimate of drug-likeness (QED) is 0.596. The van der Waals surface area contributed by atoms with Gasteiger partial charge < -0.3 is 0 Å². The van der Waals surface area contributed by atoms with Crippen LogP contribution >= 0.6 is 11.3 Å². The lowest BCUT2D eigenvalue weighted by molar-refractivity contribution is 0.858. The molecule has 70 valence electrons. The van der Waals surface area contributed by atoms with Crippen molar-refractivity contribution >= 4 is 27.5 Å². The SMILES string of the molecule is C1=Cc2sc3ccccc3c2CCC1. The summed E-state index contributed by atoms with van der Waals surface area (Å²) < 4.78 is 1.43. The van der Waals surface area contributed by atoms with E-state index < -0.39 is 0 Å². The monoisotopic (exact) mass is 200 g/mol. The van der Waals surface area contributed by atoms with Gasteiger partial charge in [0.05, 0.1) is 0 Å². The topological polar surface area (TPSA) is 0 Å². The van der Waals surface area contributed by atoms with E-state index in [1.54, 1.807) is 5.56 Å². The molecule has 1 aromatic carbocycles. The normalized spacial score (nSPS) is 15.4. The molecule has 0 fully saturated rings. The summed E-state index contributed by atoms with van der Waals surface area (Å²) in [6, 6.07) is 8.75. The van der Waals surface area contributed by atoms with E-state index in [0.717, 1.165) is 0 Å². The molecule has 0 radical (unpaired) electrons. The van der Waals surface area contributed by atoms with Crippen molar-refractivity contribution < 1.29 is 0 Å². The Bertz CT molecular complexity index is 491.